The smallest absolute Gasteiger partial charge is 0.119 e. The van der Waals surface area contributed by atoms with Crippen molar-refractivity contribution in [2.75, 3.05) is 7.11 Å². The first-order chi connectivity index (χ1) is 6.19. The van der Waals surface area contributed by atoms with Crippen molar-refractivity contribution in [3.63, 3.8) is 0 Å². The molecule has 0 aliphatic rings. The van der Waals surface area contributed by atoms with Gasteiger partial charge in [0.15, 0.2) is 0 Å². The molecule has 0 aliphatic carbocycles. The van der Waals surface area contributed by atoms with Gasteiger partial charge in [-0.2, -0.15) is 0 Å². The van der Waals surface area contributed by atoms with Crippen molar-refractivity contribution < 1.29 is 9.84 Å². The van der Waals surface area contributed by atoms with E-state index in [1.54, 1.807) is 7.11 Å². The van der Waals surface area contributed by atoms with Crippen LogP contribution in [0.2, 0.25) is 0 Å². The third-order valence-corrected chi connectivity index (χ3v) is 2.01. The monoisotopic (exact) mass is 181 g/mol. The Hall–Kier alpha value is -1.06. The molecule has 72 valence electrons. The van der Waals surface area contributed by atoms with Crippen LogP contribution >= 0.6 is 0 Å². The largest absolute Gasteiger partial charge is 0.497 e. The second-order valence-corrected chi connectivity index (χ2v) is 3.01. The van der Waals surface area contributed by atoms with E-state index in [4.69, 9.17) is 15.6 Å². The first kappa shape index (κ1) is 10.0. The Labute approximate surface area is 78.1 Å². The molecule has 0 bridgehead atoms. The quantitative estimate of drug-likeness (QED) is 0.736. The molecule has 0 amide bonds. The maximum atomic E-state index is 9.03. The summed E-state index contributed by atoms with van der Waals surface area (Å²) in [5.74, 6) is 0.768. The van der Waals surface area contributed by atoms with Crippen LogP contribution in [0, 0.1) is 0 Å². The van der Waals surface area contributed by atoms with Crippen molar-refractivity contribution in [1.29, 1.82) is 0 Å². The fraction of sp³-hybridized carbons (Fsp3) is 0.400. The highest BCUT2D eigenvalue weighted by molar-refractivity contribution is 5.36. The molecule has 0 aromatic heterocycles. The number of aliphatic hydroxyl groups excluding tert-OH is 1. The fourth-order valence-electron chi connectivity index (χ4n) is 1.27. The Morgan fingerprint density at radius 3 is 2.69 bits per heavy atom. The van der Waals surface area contributed by atoms with Crippen LogP contribution in [0.25, 0.3) is 0 Å². The highest BCUT2D eigenvalue weighted by atomic mass is 16.5. The standard InChI is InChI=1S/C10H15NO2/c1-7(11)10-5-9(13-2)4-3-8(10)6-12/h3-5,7,12H,6,11H2,1-2H3. The van der Waals surface area contributed by atoms with Gasteiger partial charge < -0.3 is 15.6 Å². The number of hydrogen-bond donors (Lipinski definition) is 2. The van der Waals surface area contributed by atoms with E-state index in [0.29, 0.717) is 0 Å². The summed E-state index contributed by atoms with van der Waals surface area (Å²) in [6, 6.07) is 5.42. The van der Waals surface area contributed by atoms with E-state index in [-0.39, 0.29) is 12.6 Å². The molecule has 1 atom stereocenters. The zero-order chi connectivity index (χ0) is 9.84. The van der Waals surface area contributed by atoms with Gasteiger partial charge in [-0.1, -0.05) is 6.07 Å². The van der Waals surface area contributed by atoms with Crippen LogP contribution in [0.15, 0.2) is 18.2 Å². The topological polar surface area (TPSA) is 55.5 Å². The second kappa shape index (κ2) is 4.25. The van der Waals surface area contributed by atoms with Crippen LogP contribution in [0.3, 0.4) is 0 Å². The number of rotatable bonds is 3. The van der Waals surface area contributed by atoms with Gasteiger partial charge in [0.25, 0.3) is 0 Å². The molecule has 0 saturated carbocycles. The number of aliphatic hydroxyl groups is 1. The molecule has 13 heavy (non-hydrogen) atoms. The van der Waals surface area contributed by atoms with Gasteiger partial charge in [-0.15, -0.1) is 0 Å². The molecular formula is C10H15NO2. The Morgan fingerprint density at radius 1 is 1.54 bits per heavy atom. The summed E-state index contributed by atoms with van der Waals surface area (Å²) >= 11 is 0. The molecule has 0 saturated heterocycles. The molecule has 0 heterocycles. The highest BCUT2D eigenvalue weighted by Gasteiger charge is 2.07. The van der Waals surface area contributed by atoms with Crippen LogP contribution < -0.4 is 10.5 Å². The summed E-state index contributed by atoms with van der Waals surface area (Å²) in [5.41, 5.74) is 7.54. The molecule has 3 N–H and O–H groups in total. The van der Waals surface area contributed by atoms with Crippen molar-refractivity contribution in [3.8, 4) is 5.75 Å². The van der Waals surface area contributed by atoms with Crippen LogP contribution in [0.5, 0.6) is 5.75 Å². The maximum Gasteiger partial charge on any atom is 0.119 e. The van der Waals surface area contributed by atoms with Crippen LogP contribution in [0.4, 0.5) is 0 Å². The summed E-state index contributed by atoms with van der Waals surface area (Å²) in [7, 11) is 1.61. The number of ether oxygens (including phenoxy) is 1. The number of nitrogens with two attached hydrogens (primary N) is 1. The van der Waals surface area contributed by atoms with Gasteiger partial charge >= 0.3 is 0 Å². The van der Waals surface area contributed by atoms with Crippen LogP contribution in [-0.2, 0) is 6.61 Å². The summed E-state index contributed by atoms with van der Waals surface area (Å²) in [4.78, 5) is 0. The lowest BCUT2D eigenvalue weighted by Gasteiger charge is -2.12. The van der Waals surface area contributed by atoms with Gasteiger partial charge in [0.05, 0.1) is 13.7 Å². The van der Waals surface area contributed by atoms with Crippen LogP contribution in [-0.4, -0.2) is 12.2 Å². The minimum absolute atomic E-state index is 0.0147. The Balaban J connectivity index is 3.10. The van der Waals surface area contributed by atoms with E-state index in [2.05, 4.69) is 0 Å². The minimum Gasteiger partial charge on any atom is -0.497 e. The van der Waals surface area contributed by atoms with Crippen molar-refractivity contribution >= 4 is 0 Å². The summed E-state index contributed by atoms with van der Waals surface area (Å²) in [6.07, 6.45) is 0. The van der Waals surface area contributed by atoms with Gasteiger partial charge in [0.1, 0.15) is 5.75 Å². The van der Waals surface area contributed by atoms with Crippen molar-refractivity contribution in [3.05, 3.63) is 29.3 Å². The van der Waals surface area contributed by atoms with Gasteiger partial charge in [-0.3, -0.25) is 0 Å². The number of methoxy groups -OCH3 is 1. The zero-order valence-electron chi connectivity index (χ0n) is 7.95. The Bertz CT molecular complexity index is 284. The molecule has 0 fully saturated rings. The third kappa shape index (κ3) is 2.20. The first-order valence-corrected chi connectivity index (χ1v) is 4.22. The lowest BCUT2D eigenvalue weighted by Crippen LogP contribution is -2.08. The lowest BCUT2D eigenvalue weighted by atomic mass is 10.0. The molecule has 0 aliphatic heterocycles. The minimum atomic E-state index is -0.0859. The van der Waals surface area contributed by atoms with E-state index in [1.807, 2.05) is 25.1 Å². The molecule has 3 nitrogen and oxygen atoms in total. The third-order valence-electron chi connectivity index (χ3n) is 2.01. The molecule has 0 spiro atoms. The fourth-order valence-corrected chi connectivity index (χ4v) is 1.27. The average molecular weight is 181 g/mol. The SMILES string of the molecule is COc1ccc(CO)c(C(C)N)c1. The summed E-state index contributed by atoms with van der Waals surface area (Å²) in [5, 5.41) is 9.03. The normalized spacial score (nSPS) is 12.6. The molecule has 0 radical (unpaired) electrons. The van der Waals surface area contributed by atoms with Crippen molar-refractivity contribution in [1.82, 2.24) is 0 Å². The molecule has 1 aromatic rings. The van der Waals surface area contributed by atoms with Gasteiger partial charge in [-0.05, 0) is 30.2 Å². The van der Waals surface area contributed by atoms with E-state index in [9.17, 15) is 0 Å². The summed E-state index contributed by atoms with van der Waals surface area (Å²) in [6.45, 7) is 1.90. The average Bonchev–Trinajstić information content (AvgIpc) is 2.16. The second-order valence-electron chi connectivity index (χ2n) is 3.01. The first-order valence-electron chi connectivity index (χ1n) is 4.22. The highest BCUT2D eigenvalue weighted by Crippen LogP contribution is 2.22. The lowest BCUT2D eigenvalue weighted by molar-refractivity contribution is 0.279. The van der Waals surface area contributed by atoms with Gasteiger partial charge in [-0.25, -0.2) is 0 Å². The summed E-state index contributed by atoms with van der Waals surface area (Å²) < 4.78 is 5.07. The number of hydrogen-bond acceptors (Lipinski definition) is 3. The van der Waals surface area contributed by atoms with E-state index in [1.165, 1.54) is 0 Å². The van der Waals surface area contributed by atoms with Crippen LogP contribution in [0.1, 0.15) is 24.1 Å². The van der Waals surface area contributed by atoms with Gasteiger partial charge in [0.2, 0.25) is 0 Å². The van der Waals surface area contributed by atoms with E-state index < -0.39 is 0 Å². The van der Waals surface area contributed by atoms with Crippen molar-refractivity contribution in [2.24, 2.45) is 5.73 Å². The molecule has 3 heteroatoms. The molecule has 1 aromatic carbocycles. The predicted octanol–water partition coefficient (Wildman–Crippen LogP) is 1.21. The Kier molecular flexibility index (Phi) is 3.28. The zero-order valence-corrected chi connectivity index (χ0v) is 7.95. The van der Waals surface area contributed by atoms with Crippen molar-refractivity contribution in [2.45, 2.75) is 19.6 Å². The molecule has 1 rings (SSSR count). The van der Waals surface area contributed by atoms with E-state index in [0.717, 1.165) is 16.9 Å². The van der Waals surface area contributed by atoms with E-state index >= 15 is 0 Å². The molecule has 1 unspecified atom stereocenters. The van der Waals surface area contributed by atoms with Gasteiger partial charge in [0, 0.05) is 6.04 Å². The Morgan fingerprint density at radius 2 is 2.23 bits per heavy atom. The predicted molar refractivity (Wildman–Crippen MR) is 51.5 cm³/mol. The molecular weight excluding hydrogens is 166 g/mol. The maximum absolute atomic E-state index is 9.03. The number of benzene rings is 1.